The first-order chi connectivity index (χ1) is 10.0. The Morgan fingerprint density at radius 1 is 1.29 bits per heavy atom. The maximum absolute atomic E-state index is 12.1. The lowest BCUT2D eigenvalue weighted by Crippen LogP contribution is -2.26. The van der Waals surface area contributed by atoms with Gasteiger partial charge in [0, 0.05) is 25.1 Å². The monoisotopic (exact) mass is 327 g/mol. The molecule has 9 heteroatoms. The maximum Gasteiger partial charge on any atom is 0.242 e. The number of nitrogens with zero attached hydrogens (tertiary/aromatic N) is 2. The molecule has 7 nitrogen and oxygen atoms in total. The predicted octanol–water partition coefficient (Wildman–Crippen LogP) is 0.937. The zero-order valence-electron chi connectivity index (χ0n) is 11.0. The largest absolute Gasteiger partial charge is 0.307 e. The summed E-state index contributed by atoms with van der Waals surface area (Å²) in [5.74, 6) is 5.40. The Labute approximate surface area is 127 Å². The highest BCUT2D eigenvalue weighted by molar-refractivity contribution is 7.89. The van der Waals surface area contributed by atoms with Crippen LogP contribution in [0.15, 0.2) is 41.7 Å². The number of hydrazine groups is 1. The number of pyridine rings is 2. The minimum absolute atomic E-state index is 0.0128. The SMILES string of the molecule is NNc1ncc(S(=O)(=O)NCCc2ccncc2)cc1Cl. The molecule has 21 heavy (non-hydrogen) atoms. The standard InChI is InChI=1S/C12H14ClN5O2S/c13-11-7-10(8-16-12(11)18-14)21(19,20)17-6-3-9-1-4-15-5-2-9/h1-2,4-5,7-8,17H,3,6,14H2,(H,16,18). The minimum atomic E-state index is -3.66. The van der Waals surface area contributed by atoms with Gasteiger partial charge in [0.25, 0.3) is 0 Å². The van der Waals surface area contributed by atoms with E-state index in [1.54, 1.807) is 12.4 Å². The zero-order chi connectivity index (χ0) is 15.3. The van der Waals surface area contributed by atoms with Crippen molar-refractivity contribution in [3.05, 3.63) is 47.4 Å². The molecule has 4 N–H and O–H groups in total. The Bertz CT molecular complexity index is 709. The third kappa shape index (κ3) is 4.11. The first kappa shape index (κ1) is 15.6. The van der Waals surface area contributed by atoms with E-state index in [2.05, 4.69) is 20.1 Å². The van der Waals surface area contributed by atoms with E-state index in [1.807, 2.05) is 12.1 Å². The summed E-state index contributed by atoms with van der Waals surface area (Å²) in [5, 5.41) is 0.134. The van der Waals surface area contributed by atoms with E-state index in [9.17, 15) is 8.42 Å². The number of nitrogen functional groups attached to an aromatic ring is 1. The van der Waals surface area contributed by atoms with Crippen molar-refractivity contribution in [3.63, 3.8) is 0 Å². The van der Waals surface area contributed by atoms with Crippen LogP contribution in [0.5, 0.6) is 0 Å². The maximum atomic E-state index is 12.1. The van der Waals surface area contributed by atoms with E-state index in [0.717, 1.165) is 5.56 Å². The molecular formula is C12H14ClN5O2S. The van der Waals surface area contributed by atoms with Gasteiger partial charge in [-0.3, -0.25) is 4.98 Å². The highest BCUT2D eigenvalue weighted by Gasteiger charge is 2.15. The second-order valence-corrected chi connectivity index (χ2v) is 6.32. The van der Waals surface area contributed by atoms with Crippen molar-refractivity contribution < 1.29 is 8.42 Å². The number of anilines is 1. The molecular weight excluding hydrogens is 314 g/mol. The molecule has 0 bridgehead atoms. The Morgan fingerprint density at radius 2 is 2.00 bits per heavy atom. The van der Waals surface area contributed by atoms with Gasteiger partial charge in [-0.15, -0.1) is 0 Å². The van der Waals surface area contributed by atoms with Gasteiger partial charge in [0.1, 0.15) is 4.90 Å². The molecule has 0 aliphatic rings. The van der Waals surface area contributed by atoms with Crippen molar-refractivity contribution in [3.8, 4) is 0 Å². The molecule has 2 rings (SSSR count). The number of sulfonamides is 1. The molecule has 0 saturated carbocycles. The summed E-state index contributed by atoms with van der Waals surface area (Å²) >= 11 is 5.86. The molecule has 0 amide bonds. The summed E-state index contributed by atoms with van der Waals surface area (Å²) in [7, 11) is -3.66. The third-order valence-corrected chi connectivity index (χ3v) is 4.43. The van der Waals surface area contributed by atoms with E-state index >= 15 is 0 Å². The molecule has 0 fully saturated rings. The summed E-state index contributed by atoms with van der Waals surface area (Å²) in [6.45, 7) is 0.265. The molecule has 0 radical (unpaired) electrons. The average molecular weight is 328 g/mol. The van der Waals surface area contributed by atoms with Crippen molar-refractivity contribution in [2.45, 2.75) is 11.3 Å². The number of nitrogens with one attached hydrogen (secondary N) is 2. The Morgan fingerprint density at radius 3 is 2.62 bits per heavy atom. The van der Waals surface area contributed by atoms with Crippen LogP contribution < -0.4 is 16.0 Å². The summed E-state index contributed by atoms with van der Waals surface area (Å²) < 4.78 is 26.7. The van der Waals surface area contributed by atoms with Crippen molar-refractivity contribution >= 4 is 27.4 Å². The van der Waals surface area contributed by atoms with Crippen LogP contribution in [0.25, 0.3) is 0 Å². The van der Waals surface area contributed by atoms with E-state index in [1.165, 1.54) is 12.3 Å². The molecule has 0 aliphatic carbocycles. The van der Waals surface area contributed by atoms with Gasteiger partial charge >= 0.3 is 0 Å². The van der Waals surface area contributed by atoms with Gasteiger partial charge in [0.05, 0.1) is 5.02 Å². The number of halogens is 1. The van der Waals surface area contributed by atoms with Crippen LogP contribution in [0.2, 0.25) is 5.02 Å². The van der Waals surface area contributed by atoms with Crippen LogP contribution in [0, 0.1) is 0 Å². The third-order valence-electron chi connectivity index (χ3n) is 2.72. The smallest absolute Gasteiger partial charge is 0.242 e. The summed E-state index contributed by atoms with van der Waals surface area (Å²) in [5.41, 5.74) is 3.27. The van der Waals surface area contributed by atoms with Gasteiger partial charge in [-0.1, -0.05) is 11.6 Å². The highest BCUT2D eigenvalue weighted by atomic mass is 35.5. The Balaban J connectivity index is 2.03. The van der Waals surface area contributed by atoms with Crippen molar-refractivity contribution in [2.75, 3.05) is 12.0 Å². The predicted molar refractivity (Wildman–Crippen MR) is 80.2 cm³/mol. The molecule has 0 aliphatic heterocycles. The second kappa shape index (κ2) is 6.81. The lowest BCUT2D eigenvalue weighted by atomic mass is 10.2. The molecule has 0 unspecified atom stereocenters. The van der Waals surface area contributed by atoms with Crippen LogP contribution in [0.3, 0.4) is 0 Å². The van der Waals surface area contributed by atoms with E-state index in [-0.39, 0.29) is 22.3 Å². The number of hydrogen-bond acceptors (Lipinski definition) is 6. The number of rotatable bonds is 6. The first-order valence-corrected chi connectivity index (χ1v) is 7.90. The number of nitrogens with two attached hydrogens (primary N) is 1. The van der Waals surface area contributed by atoms with Gasteiger partial charge in [-0.05, 0) is 30.2 Å². The topological polar surface area (TPSA) is 110 Å². The van der Waals surface area contributed by atoms with Crippen LogP contribution in [0.4, 0.5) is 5.82 Å². The van der Waals surface area contributed by atoms with Crippen LogP contribution in [-0.4, -0.2) is 24.9 Å². The second-order valence-electron chi connectivity index (χ2n) is 4.15. The first-order valence-electron chi connectivity index (χ1n) is 6.03. The van der Waals surface area contributed by atoms with Gasteiger partial charge in [-0.25, -0.2) is 24.0 Å². The van der Waals surface area contributed by atoms with Gasteiger partial charge in [-0.2, -0.15) is 0 Å². The van der Waals surface area contributed by atoms with E-state index < -0.39 is 10.0 Å². The van der Waals surface area contributed by atoms with Crippen LogP contribution in [-0.2, 0) is 16.4 Å². The van der Waals surface area contributed by atoms with Gasteiger partial charge < -0.3 is 5.43 Å². The zero-order valence-corrected chi connectivity index (χ0v) is 12.5. The van der Waals surface area contributed by atoms with Crippen LogP contribution in [0.1, 0.15) is 5.56 Å². The molecule has 0 atom stereocenters. The highest BCUT2D eigenvalue weighted by Crippen LogP contribution is 2.21. The fraction of sp³-hybridized carbons (Fsp3) is 0.167. The van der Waals surface area contributed by atoms with E-state index in [0.29, 0.717) is 6.42 Å². The van der Waals surface area contributed by atoms with E-state index in [4.69, 9.17) is 17.4 Å². The number of hydrogen-bond donors (Lipinski definition) is 3. The Hall–Kier alpha value is -1.74. The van der Waals surface area contributed by atoms with Crippen LogP contribution >= 0.6 is 11.6 Å². The van der Waals surface area contributed by atoms with Crippen molar-refractivity contribution in [1.82, 2.24) is 14.7 Å². The van der Waals surface area contributed by atoms with Gasteiger partial charge in [0.2, 0.25) is 10.0 Å². The van der Waals surface area contributed by atoms with Gasteiger partial charge in [0.15, 0.2) is 5.82 Å². The quantitative estimate of drug-likeness (QED) is 0.538. The molecule has 0 aromatic carbocycles. The normalized spacial score (nSPS) is 11.3. The molecule has 112 valence electrons. The fourth-order valence-corrected chi connectivity index (χ4v) is 2.92. The number of aromatic nitrogens is 2. The lowest BCUT2D eigenvalue weighted by molar-refractivity contribution is 0.581. The molecule has 0 saturated heterocycles. The molecule has 2 heterocycles. The van der Waals surface area contributed by atoms with Crippen molar-refractivity contribution in [2.24, 2.45) is 5.84 Å². The summed E-state index contributed by atoms with van der Waals surface area (Å²) in [6, 6.07) is 4.95. The Kier molecular flexibility index (Phi) is 5.07. The average Bonchev–Trinajstić information content (AvgIpc) is 2.48. The molecule has 2 aromatic heterocycles. The molecule has 2 aromatic rings. The fourth-order valence-electron chi connectivity index (χ4n) is 1.64. The summed E-state index contributed by atoms with van der Waals surface area (Å²) in [4.78, 5) is 7.72. The van der Waals surface area contributed by atoms with Crippen molar-refractivity contribution in [1.29, 1.82) is 0 Å². The molecule has 0 spiro atoms. The minimum Gasteiger partial charge on any atom is -0.307 e. The lowest BCUT2D eigenvalue weighted by Gasteiger charge is -2.08. The summed E-state index contributed by atoms with van der Waals surface area (Å²) in [6.07, 6.45) is 5.07.